The Morgan fingerprint density at radius 3 is 2.82 bits per heavy atom. The minimum Gasteiger partial charge on any atom is -0.384 e. The second-order valence-corrected chi connectivity index (χ2v) is 6.60. The molecule has 0 aliphatic carbocycles. The maximum Gasteiger partial charge on any atom is 0.315 e. The van der Waals surface area contributed by atoms with Crippen molar-refractivity contribution >= 4 is 17.6 Å². The predicted molar refractivity (Wildman–Crippen MR) is 86.0 cm³/mol. The quantitative estimate of drug-likeness (QED) is 0.778. The molecule has 1 aromatic rings. The fraction of sp³-hybridized carbons (Fsp3) is 0.562. The maximum absolute atomic E-state index is 11.9. The number of carbonyl (C=O) groups is 1. The molecule has 1 saturated heterocycles. The Hall–Kier alpha value is -1.30. The van der Waals surface area contributed by atoms with E-state index in [-0.39, 0.29) is 18.2 Å². The van der Waals surface area contributed by atoms with Gasteiger partial charge < -0.3 is 20.5 Å². The highest BCUT2D eigenvalue weighted by Crippen LogP contribution is 2.27. The molecular weight excluding hydrogens is 304 g/mol. The van der Waals surface area contributed by atoms with Gasteiger partial charge in [-0.25, -0.2) is 4.79 Å². The van der Waals surface area contributed by atoms with Crippen LogP contribution in [0.4, 0.5) is 4.79 Å². The average molecular weight is 327 g/mol. The molecule has 122 valence electrons. The van der Waals surface area contributed by atoms with Gasteiger partial charge in [-0.1, -0.05) is 29.8 Å². The molecular formula is C16H23ClN2O3. The molecule has 1 heterocycles. The lowest BCUT2D eigenvalue weighted by Gasteiger charge is -2.27. The first-order chi connectivity index (χ1) is 10.3. The monoisotopic (exact) mass is 326 g/mol. The Morgan fingerprint density at radius 2 is 2.18 bits per heavy atom. The molecule has 1 fully saturated rings. The van der Waals surface area contributed by atoms with Crippen molar-refractivity contribution in [3.05, 3.63) is 34.9 Å². The largest absolute Gasteiger partial charge is 0.384 e. The Labute approximate surface area is 136 Å². The third-order valence-electron chi connectivity index (χ3n) is 3.97. The van der Waals surface area contributed by atoms with E-state index in [1.54, 1.807) is 31.2 Å². The Bertz CT molecular complexity index is 528. The third kappa shape index (κ3) is 4.35. The third-order valence-corrected chi connectivity index (χ3v) is 4.30. The molecule has 2 rings (SSSR count). The zero-order chi connectivity index (χ0) is 16.2. The van der Waals surface area contributed by atoms with Crippen molar-refractivity contribution in [2.24, 2.45) is 0 Å². The lowest BCUT2D eigenvalue weighted by Crippen LogP contribution is -2.47. The van der Waals surface area contributed by atoms with E-state index in [1.807, 2.05) is 6.92 Å². The van der Waals surface area contributed by atoms with Crippen LogP contribution in [0.5, 0.6) is 0 Å². The summed E-state index contributed by atoms with van der Waals surface area (Å²) in [6.07, 6.45) is 1.95. The number of urea groups is 1. The second-order valence-electron chi connectivity index (χ2n) is 6.19. The molecule has 0 unspecified atom stereocenters. The van der Waals surface area contributed by atoms with Crippen LogP contribution in [0.15, 0.2) is 24.3 Å². The van der Waals surface area contributed by atoms with Gasteiger partial charge in [-0.15, -0.1) is 0 Å². The molecule has 0 radical (unpaired) electrons. The summed E-state index contributed by atoms with van der Waals surface area (Å²) in [5.74, 6) is 0. The van der Waals surface area contributed by atoms with Gasteiger partial charge in [0.2, 0.25) is 0 Å². The number of benzene rings is 1. The Balaban J connectivity index is 1.84. The van der Waals surface area contributed by atoms with E-state index in [9.17, 15) is 9.90 Å². The molecule has 1 aliphatic heterocycles. The van der Waals surface area contributed by atoms with E-state index < -0.39 is 5.60 Å². The summed E-state index contributed by atoms with van der Waals surface area (Å²) in [7, 11) is 0. The molecule has 0 aromatic heterocycles. The zero-order valence-corrected chi connectivity index (χ0v) is 13.7. The zero-order valence-electron chi connectivity index (χ0n) is 13.0. The topological polar surface area (TPSA) is 70.6 Å². The van der Waals surface area contributed by atoms with Crippen LogP contribution in [0.25, 0.3) is 0 Å². The van der Waals surface area contributed by atoms with Crippen molar-refractivity contribution in [2.75, 3.05) is 19.7 Å². The van der Waals surface area contributed by atoms with E-state index in [0.29, 0.717) is 17.1 Å². The lowest BCUT2D eigenvalue weighted by molar-refractivity contribution is 0.0224. The summed E-state index contributed by atoms with van der Waals surface area (Å²) in [5, 5.41) is 16.4. The average Bonchev–Trinajstić information content (AvgIpc) is 2.91. The van der Waals surface area contributed by atoms with Gasteiger partial charge in [-0.2, -0.15) is 0 Å². The maximum atomic E-state index is 11.9. The van der Waals surface area contributed by atoms with E-state index in [1.165, 1.54) is 0 Å². The highest BCUT2D eigenvalue weighted by Gasteiger charge is 2.30. The van der Waals surface area contributed by atoms with Crippen LogP contribution in [-0.4, -0.2) is 36.4 Å². The first-order valence-electron chi connectivity index (χ1n) is 7.45. The number of aliphatic hydroxyl groups is 1. The van der Waals surface area contributed by atoms with Crippen molar-refractivity contribution < 1.29 is 14.6 Å². The number of rotatable bonds is 5. The first kappa shape index (κ1) is 17.1. The number of amides is 2. The predicted octanol–water partition coefficient (Wildman–Crippen LogP) is 2.42. The van der Waals surface area contributed by atoms with Crippen LogP contribution in [-0.2, 0) is 10.3 Å². The Kier molecular flexibility index (Phi) is 5.32. The molecule has 22 heavy (non-hydrogen) atoms. The van der Waals surface area contributed by atoms with Crippen LogP contribution in [0.3, 0.4) is 0 Å². The minimum atomic E-state index is -1.23. The molecule has 0 saturated carbocycles. The van der Waals surface area contributed by atoms with Crippen LogP contribution < -0.4 is 10.6 Å². The van der Waals surface area contributed by atoms with Gasteiger partial charge in [-0.05, 0) is 32.8 Å². The van der Waals surface area contributed by atoms with E-state index in [0.717, 1.165) is 19.4 Å². The minimum absolute atomic E-state index is 0.0696. The summed E-state index contributed by atoms with van der Waals surface area (Å²) in [5.41, 5.74) is -0.936. The smallest absolute Gasteiger partial charge is 0.315 e. The van der Waals surface area contributed by atoms with Gasteiger partial charge in [0.1, 0.15) is 5.60 Å². The van der Waals surface area contributed by atoms with Gasteiger partial charge in [0.25, 0.3) is 0 Å². The normalized spacial score (nSPS) is 23.8. The summed E-state index contributed by atoms with van der Waals surface area (Å²) in [4.78, 5) is 11.9. The first-order valence-corrected chi connectivity index (χ1v) is 7.83. The van der Waals surface area contributed by atoms with Crippen molar-refractivity contribution in [1.29, 1.82) is 0 Å². The fourth-order valence-corrected chi connectivity index (χ4v) is 2.89. The molecule has 0 bridgehead atoms. The highest BCUT2D eigenvalue weighted by atomic mass is 35.5. The number of hydrogen-bond donors (Lipinski definition) is 3. The summed E-state index contributed by atoms with van der Waals surface area (Å²) in [6, 6.07) is 6.72. The second kappa shape index (κ2) is 6.86. The molecule has 3 N–H and O–H groups in total. The van der Waals surface area contributed by atoms with Gasteiger partial charge in [0.15, 0.2) is 0 Å². The number of hydrogen-bond acceptors (Lipinski definition) is 3. The molecule has 2 atom stereocenters. The van der Waals surface area contributed by atoms with Crippen molar-refractivity contribution in [3.63, 3.8) is 0 Å². The molecule has 1 aromatic carbocycles. The van der Waals surface area contributed by atoms with Crippen LogP contribution in [0.2, 0.25) is 5.02 Å². The molecule has 5 nitrogen and oxygen atoms in total. The van der Waals surface area contributed by atoms with Crippen LogP contribution in [0.1, 0.15) is 32.3 Å². The summed E-state index contributed by atoms with van der Waals surface area (Å²) >= 11 is 6.08. The van der Waals surface area contributed by atoms with Gasteiger partial charge in [0, 0.05) is 23.7 Å². The van der Waals surface area contributed by atoms with Gasteiger partial charge >= 0.3 is 6.03 Å². The molecule has 2 amide bonds. The number of nitrogens with one attached hydrogen (secondary N) is 2. The number of halogens is 1. The molecule has 0 spiro atoms. The van der Waals surface area contributed by atoms with Crippen molar-refractivity contribution in [2.45, 2.75) is 37.9 Å². The standard InChI is InChI=1S/C16H23ClN2O3/c1-15(8-5-9-22-15)10-18-14(20)19-11-16(2,21)12-6-3-4-7-13(12)17/h3-4,6-7,21H,5,8-11H2,1-2H3,(H2,18,19,20)/t15-,16+/m0/s1. The summed E-state index contributed by atoms with van der Waals surface area (Å²) in [6.45, 7) is 4.87. The number of carbonyl (C=O) groups excluding carboxylic acids is 1. The van der Waals surface area contributed by atoms with E-state index in [4.69, 9.17) is 16.3 Å². The van der Waals surface area contributed by atoms with Crippen molar-refractivity contribution in [1.82, 2.24) is 10.6 Å². The summed E-state index contributed by atoms with van der Waals surface area (Å²) < 4.78 is 5.61. The number of ether oxygens (including phenoxy) is 1. The van der Waals surface area contributed by atoms with E-state index in [2.05, 4.69) is 10.6 Å². The SMILES string of the molecule is C[C@@]1(CNC(=O)NC[C@@](C)(O)c2ccccc2Cl)CCCO1. The van der Waals surface area contributed by atoms with Crippen molar-refractivity contribution in [3.8, 4) is 0 Å². The van der Waals surface area contributed by atoms with Crippen LogP contribution >= 0.6 is 11.6 Å². The van der Waals surface area contributed by atoms with Crippen LogP contribution in [0, 0.1) is 0 Å². The fourth-order valence-electron chi connectivity index (χ4n) is 2.55. The lowest BCUT2D eigenvalue weighted by atomic mass is 9.96. The van der Waals surface area contributed by atoms with Gasteiger partial charge in [0.05, 0.1) is 12.1 Å². The van der Waals surface area contributed by atoms with E-state index >= 15 is 0 Å². The highest BCUT2D eigenvalue weighted by molar-refractivity contribution is 6.31. The molecule has 1 aliphatic rings. The van der Waals surface area contributed by atoms with Gasteiger partial charge in [-0.3, -0.25) is 0 Å². The Morgan fingerprint density at radius 1 is 1.45 bits per heavy atom. The molecule has 6 heteroatoms.